The fraction of sp³-hybridized carbons (Fsp3) is 0.200. The number of hydrogen-bond acceptors (Lipinski definition) is 2. The molecule has 0 fully saturated rings. The molecule has 0 atom stereocenters. The summed E-state index contributed by atoms with van der Waals surface area (Å²) in [5.74, 6) is -1.04. The Hall–Kier alpha value is -1.35. The third-order valence-electron chi connectivity index (χ3n) is 1.81. The molecule has 3 nitrogen and oxygen atoms in total. The number of aryl methyl sites for hydroxylation is 1. The van der Waals surface area contributed by atoms with Crippen molar-refractivity contribution in [2.75, 3.05) is 0 Å². The van der Waals surface area contributed by atoms with Crippen molar-refractivity contribution >= 4 is 23.9 Å². The zero-order valence-corrected chi connectivity index (χ0v) is 8.12. The van der Waals surface area contributed by atoms with Gasteiger partial charge in [0.05, 0.1) is 10.6 Å². The Kier molecular flexibility index (Phi) is 3.65. The minimum atomic E-state index is -1.04. The third-order valence-corrected chi connectivity index (χ3v) is 2.13. The van der Waals surface area contributed by atoms with Crippen LogP contribution in [0.1, 0.15) is 22.3 Å². The van der Waals surface area contributed by atoms with Crippen LogP contribution in [0, 0.1) is 0 Å². The van der Waals surface area contributed by atoms with Gasteiger partial charge in [0.15, 0.2) is 0 Å². The van der Waals surface area contributed by atoms with Crippen LogP contribution < -0.4 is 0 Å². The van der Waals surface area contributed by atoms with E-state index in [1.54, 1.807) is 12.1 Å². The molecule has 1 N–H and O–H groups in total. The summed E-state index contributed by atoms with van der Waals surface area (Å²) in [7, 11) is 0. The van der Waals surface area contributed by atoms with Gasteiger partial charge in [-0.3, -0.25) is 0 Å². The number of benzene rings is 1. The number of aldehydes is 1. The van der Waals surface area contributed by atoms with Gasteiger partial charge in [0.1, 0.15) is 6.29 Å². The van der Waals surface area contributed by atoms with Crippen molar-refractivity contribution in [1.29, 1.82) is 0 Å². The van der Waals surface area contributed by atoms with Crippen molar-refractivity contribution < 1.29 is 14.7 Å². The number of hydrogen-bond donors (Lipinski definition) is 1. The molecule has 14 heavy (non-hydrogen) atoms. The van der Waals surface area contributed by atoms with E-state index in [1.165, 1.54) is 6.07 Å². The second-order valence-electron chi connectivity index (χ2n) is 2.82. The maximum absolute atomic E-state index is 10.6. The van der Waals surface area contributed by atoms with E-state index in [4.69, 9.17) is 16.7 Å². The van der Waals surface area contributed by atoms with Gasteiger partial charge in [0.2, 0.25) is 0 Å². The molecule has 74 valence electrons. The maximum atomic E-state index is 10.6. The molecule has 0 spiro atoms. The summed E-state index contributed by atoms with van der Waals surface area (Å²) < 4.78 is 0. The van der Waals surface area contributed by atoms with Crippen LogP contribution in [0.25, 0.3) is 0 Å². The summed E-state index contributed by atoms with van der Waals surface area (Å²) in [4.78, 5) is 20.7. The van der Waals surface area contributed by atoms with Crippen LogP contribution in [0.4, 0.5) is 0 Å². The summed E-state index contributed by atoms with van der Waals surface area (Å²) >= 11 is 5.73. The number of carbonyl (C=O) groups is 2. The molecule has 0 heterocycles. The van der Waals surface area contributed by atoms with Gasteiger partial charge < -0.3 is 9.90 Å². The lowest BCUT2D eigenvalue weighted by molar-refractivity contribution is -0.107. The fourth-order valence-corrected chi connectivity index (χ4v) is 1.40. The molecule has 0 aliphatic heterocycles. The first-order valence-corrected chi connectivity index (χ1v) is 4.48. The summed E-state index contributed by atoms with van der Waals surface area (Å²) in [6, 6.07) is 4.69. The average Bonchev–Trinajstić information content (AvgIpc) is 2.14. The predicted octanol–water partition coefficient (Wildman–Crippen LogP) is 2.17. The number of carboxylic acids is 1. The van der Waals surface area contributed by atoms with Gasteiger partial charge in [-0.25, -0.2) is 4.79 Å². The molecular formula is C10H9ClO3. The molecule has 1 rings (SSSR count). The normalized spacial score (nSPS) is 9.79. The van der Waals surface area contributed by atoms with Gasteiger partial charge in [-0.15, -0.1) is 0 Å². The highest BCUT2D eigenvalue weighted by molar-refractivity contribution is 6.33. The summed E-state index contributed by atoms with van der Waals surface area (Å²) in [5.41, 5.74) is 0.952. The highest BCUT2D eigenvalue weighted by Crippen LogP contribution is 2.18. The lowest BCUT2D eigenvalue weighted by atomic mass is 10.1. The third kappa shape index (κ3) is 2.57. The first-order chi connectivity index (χ1) is 6.65. The van der Waals surface area contributed by atoms with E-state index in [9.17, 15) is 9.59 Å². The molecule has 0 amide bonds. The molecule has 0 saturated carbocycles. The van der Waals surface area contributed by atoms with Crippen LogP contribution >= 0.6 is 11.6 Å². The van der Waals surface area contributed by atoms with Crippen molar-refractivity contribution in [1.82, 2.24) is 0 Å². The van der Waals surface area contributed by atoms with Crippen molar-refractivity contribution in [2.24, 2.45) is 0 Å². The molecule has 0 bridgehead atoms. The molecule has 0 aliphatic rings. The Morgan fingerprint density at radius 2 is 2.21 bits per heavy atom. The quantitative estimate of drug-likeness (QED) is 0.779. The molecular weight excluding hydrogens is 204 g/mol. The first kappa shape index (κ1) is 10.7. The molecule has 0 aromatic heterocycles. The average molecular weight is 213 g/mol. The van der Waals surface area contributed by atoms with Gasteiger partial charge in [0.25, 0.3) is 0 Å². The van der Waals surface area contributed by atoms with Crippen LogP contribution in [-0.4, -0.2) is 17.4 Å². The van der Waals surface area contributed by atoms with Crippen molar-refractivity contribution in [3.8, 4) is 0 Å². The highest BCUT2D eigenvalue weighted by atomic mass is 35.5. The summed E-state index contributed by atoms with van der Waals surface area (Å²) in [5, 5.41) is 8.90. The molecule has 0 saturated heterocycles. The zero-order chi connectivity index (χ0) is 10.6. The smallest absolute Gasteiger partial charge is 0.337 e. The molecule has 1 aromatic rings. The minimum absolute atomic E-state index is 0.0847. The van der Waals surface area contributed by atoms with Crippen molar-refractivity contribution in [3.05, 3.63) is 34.3 Å². The lowest BCUT2D eigenvalue weighted by Gasteiger charge is -2.01. The second kappa shape index (κ2) is 4.77. The Morgan fingerprint density at radius 1 is 1.50 bits per heavy atom. The van der Waals surface area contributed by atoms with Crippen molar-refractivity contribution in [2.45, 2.75) is 12.8 Å². The predicted molar refractivity (Wildman–Crippen MR) is 52.8 cm³/mol. The Bertz CT molecular complexity index is 360. The van der Waals surface area contributed by atoms with Crippen LogP contribution in [0.3, 0.4) is 0 Å². The SMILES string of the molecule is O=CCCc1ccc(C(=O)O)c(Cl)c1. The number of aromatic carboxylic acids is 1. The fourth-order valence-electron chi connectivity index (χ4n) is 1.11. The number of carbonyl (C=O) groups excluding carboxylic acids is 1. The van der Waals surface area contributed by atoms with Gasteiger partial charge in [-0.05, 0) is 24.1 Å². The molecule has 4 heteroatoms. The number of halogens is 1. The van der Waals surface area contributed by atoms with E-state index in [0.717, 1.165) is 11.8 Å². The monoisotopic (exact) mass is 212 g/mol. The van der Waals surface area contributed by atoms with E-state index in [0.29, 0.717) is 12.8 Å². The standard InChI is InChI=1S/C10H9ClO3/c11-9-6-7(2-1-5-12)3-4-8(9)10(13)14/h3-6H,1-2H2,(H,13,14). The zero-order valence-electron chi connectivity index (χ0n) is 7.37. The number of carboxylic acid groups (broad SMARTS) is 1. The van der Waals surface area contributed by atoms with Crippen LogP contribution in [0.15, 0.2) is 18.2 Å². The summed E-state index contributed by atoms with van der Waals surface area (Å²) in [6.45, 7) is 0. The van der Waals surface area contributed by atoms with Gasteiger partial charge in [-0.2, -0.15) is 0 Å². The molecule has 0 aliphatic carbocycles. The van der Waals surface area contributed by atoms with E-state index in [1.807, 2.05) is 0 Å². The second-order valence-corrected chi connectivity index (χ2v) is 3.23. The van der Waals surface area contributed by atoms with Gasteiger partial charge >= 0.3 is 5.97 Å². The Morgan fingerprint density at radius 3 is 2.71 bits per heavy atom. The topological polar surface area (TPSA) is 54.4 Å². The minimum Gasteiger partial charge on any atom is -0.478 e. The van der Waals surface area contributed by atoms with E-state index in [2.05, 4.69) is 0 Å². The van der Waals surface area contributed by atoms with Crippen molar-refractivity contribution in [3.63, 3.8) is 0 Å². The van der Waals surface area contributed by atoms with E-state index < -0.39 is 5.97 Å². The van der Waals surface area contributed by atoms with Gasteiger partial charge in [-0.1, -0.05) is 17.7 Å². The Labute approximate surface area is 86.3 Å². The van der Waals surface area contributed by atoms with Crippen LogP contribution in [0.5, 0.6) is 0 Å². The molecule has 0 radical (unpaired) electrons. The first-order valence-electron chi connectivity index (χ1n) is 4.10. The van der Waals surface area contributed by atoms with Crippen LogP contribution in [-0.2, 0) is 11.2 Å². The summed E-state index contributed by atoms with van der Waals surface area (Å²) in [6.07, 6.45) is 1.82. The maximum Gasteiger partial charge on any atom is 0.337 e. The highest BCUT2D eigenvalue weighted by Gasteiger charge is 2.08. The molecule has 1 aromatic carbocycles. The lowest BCUT2D eigenvalue weighted by Crippen LogP contribution is -1.98. The van der Waals surface area contributed by atoms with E-state index in [-0.39, 0.29) is 10.6 Å². The number of rotatable bonds is 4. The largest absolute Gasteiger partial charge is 0.478 e. The van der Waals surface area contributed by atoms with E-state index >= 15 is 0 Å². The van der Waals surface area contributed by atoms with Gasteiger partial charge in [0, 0.05) is 6.42 Å². The van der Waals surface area contributed by atoms with Crippen LogP contribution in [0.2, 0.25) is 5.02 Å². The Balaban J connectivity index is 2.88. The molecule has 0 unspecified atom stereocenters.